The van der Waals surface area contributed by atoms with Crippen molar-refractivity contribution in [1.82, 2.24) is 50.3 Å². The zero-order valence-corrected chi connectivity index (χ0v) is 28.8. The van der Waals surface area contributed by atoms with Gasteiger partial charge in [0, 0.05) is 36.4 Å². The van der Waals surface area contributed by atoms with E-state index in [2.05, 4.69) is 36.3 Å². The topological polar surface area (TPSA) is 185 Å². The van der Waals surface area contributed by atoms with Crippen LogP contribution in [-0.4, -0.2) is 90.3 Å². The predicted octanol–water partition coefficient (Wildman–Crippen LogP) is 1.46. The summed E-state index contributed by atoms with van der Waals surface area (Å²) in [5.74, 6) is -1.36. The second-order valence-electron chi connectivity index (χ2n) is 12.5. The van der Waals surface area contributed by atoms with Gasteiger partial charge in [0.2, 0.25) is 29.5 Å². The number of benzene rings is 1. The molecule has 5 amide bonds. The summed E-state index contributed by atoms with van der Waals surface area (Å²) < 4.78 is 3.29. The van der Waals surface area contributed by atoms with E-state index in [-0.39, 0.29) is 50.3 Å². The summed E-state index contributed by atoms with van der Waals surface area (Å²) in [5.41, 5.74) is 1.31. The molecule has 1 aromatic carbocycles. The number of hydrogen-bond acceptors (Lipinski definition) is 9. The minimum Gasteiger partial charge on any atom is -0.354 e. The number of nitrogens with zero attached hydrogens (tertiary/aromatic N) is 6. The lowest BCUT2D eigenvalue weighted by Gasteiger charge is -2.25. The van der Waals surface area contributed by atoms with E-state index in [0.717, 1.165) is 10.5 Å². The Hall–Kier alpha value is -5.12. The first-order chi connectivity index (χ1) is 23.5. The molecule has 0 saturated carbocycles. The van der Waals surface area contributed by atoms with Crippen molar-refractivity contribution in [3.8, 4) is 11.4 Å². The Kier molecular flexibility index (Phi) is 11.4. The number of amides is 5. The van der Waals surface area contributed by atoms with E-state index in [1.165, 1.54) is 27.8 Å². The van der Waals surface area contributed by atoms with E-state index in [1.807, 2.05) is 60.2 Å². The summed E-state index contributed by atoms with van der Waals surface area (Å²) >= 11 is 1.45. The van der Waals surface area contributed by atoms with E-state index in [1.54, 1.807) is 13.1 Å². The number of rotatable bonds is 5. The zero-order valence-electron chi connectivity index (χ0n) is 28.0. The molecule has 15 nitrogen and oxygen atoms in total. The molecule has 0 radical (unpaired) electrons. The molecule has 0 saturated heterocycles. The van der Waals surface area contributed by atoms with Crippen molar-refractivity contribution in [3.05, 3.63) is 59.6 Å². The van der Waals surface area contributed by atoms with Crippen LogP contribution in [0.1, 0.15) is 58.1 Å². The van der Waals surface area contributed by atoms with Crippen LogP contribution in [0.2, 0.25) is 0 Å². The minimum absolute atomic E-state index is 0.0208. The SMILES string of the molecule is CC(C)C[C@H]1NC(=O)[C@@H](C)NC(=O)CN(C(=O)Cc2cn3ccsc3n2)CCCNC(=O)Cn2nc(-c3ccccc3)nc2[C@H](C)NC1=O. The summed E-state index contributed by atoms with van der Waals surface area (Å²) in [5, 5.41) is 17.7. The van der Waals surface area contributed by atoms with Gasteiger partial charge in [-0.3, -0.25) is 28.4 Å². The summed E-state index contributed by atoms with van der Waals surface area (Å²) in [4.78, 5) is 77.8. The largest absolute Gasteiger partial charge is 0.354 e. The molecule has 260 valence electrons. The van der Waals surface area contributed by atoms with Gasteiger partial charge in [0.05, 0.1) is 24.7 Å². The van der Waals surface area contributed by atoms with Crippen molar-refractivity contribution in [1.29, 1.82) is 0 Å². The third-order valence-corrected chi connectivity index (χ3v) is 8.74. The van der Waals surface area contributed by atoms with E-state index in [9.17, 15) is 24.0 Å². The van der Waals surface area contributed by atoms with E-state index >= 15 is 0 Å². The Balaban J connectivity index is 1.39. The van der Waals surface area contributed by atoms with Crippen molar-refractivity contribution < 1.29 is 24.0 Å². The Labute approximate surface area is 287 Å². The molecule has 0 spiro atoms. The second-order valence-corrected chi connectivity index (χ2v) is 13.4. The highest BCUT2D eigenvalue weighted by atomic mass is 32.1. The maximum Gasteiger partial charge on any atom is 0.243 e. The number of imidazole rings is 1. The fourth-order valence-corrected chi connectivity index (χ4v) is 6.23. The molecule has 1 aliphatic heterocycles. The van der Waals surface area contributed by atoms with Crippen LogP contribution < -0.4 is 21.3 Å². The third-order valence-electron chi connectivity index (χ3n) is 7.97. The lowest BCUT2D eigenvalue weighted by molar-refractivity contribution is -0.137. The summed E-state index contributed by atoms with van der Waals surface area (Å²) in [6.07, 6.45) is 4.30. The lowest BCUT2D eigenvalue weighted by atomic mass is 10.0. The van der Waals surface area contributed by atoms with Gasteiger partial charge in [0.25, 0.3) is 0 Å². The second kappa shape index (κ2) is 15.9. The molecular formula is C33H42N10O5S. The van der Waals surface area contributed by atoms with Gasteiger partial charge >= 0.3 is 0 Å². The fraction of sp³-hybridized carbons (Fsp3) is 0.455. The van der Waals surface area contributed by atoms with Crippen molar-refractivity contribution in [2.75, 3.05) is 19.6 Å². The Morgan fingerprint density at radius 3 is 2.47 bits per heavy atom. The standard InChI is InChI=1S/C33H42N10O5S/c1-20(2)15-25-32(48)36-21(3)30-39-29(23-9-6-5-7-10-23)40-43(30)19-26(44)34-11-8-12-41(18-27(45)35-22(4)31(47)38-25)28(46)16-24-17-42-13-14-49-33(42)37-24/h5-7,9-10,13-14,17,20-22,25H,8,11-12,15-16,18-19H2,1-4H3,(H,34,44)(H,35,45)(H,36,48)(H,38,47)/t21-,22+,25+/m0/s1. The summed E-state index contributed by atoms with van der Waals surface area (Å²) in [6, 6.07) is 6.74. The van der Waals surface area contributed by atoms with Gasteiger partial charge < -0.3 is 26.2 Å². The maximum absolute atomic E-state index is 13.6. The van der Waals surface area contributed by atoms with Crippen molar-refractivity contribution in [3.63, 3.8) is 0 Å². The Morgan fingerprint density at radius 2 is 1.73 bits per heavy atom. The molecule has 0 fully saturated rings. The molecule has 0 bridgehead atoms. The van der Waals surface area contributed by atoms with Crippen molar-refractivity contribution in [2.24, 2.45) is 5.92 Å². The molecule has 49 heavy (non-hydrogen) atoms. The van der Waals surface area contributed by atoms with Crippen molar-refractivity contribution in [2.45, 2.75) is 71.6 Å². The van der Waals surface area contributed by atoms with E-state index in [0.29, 0.717) is 30.2 Å². The van der Waals surface area contributed by atoms with Crippen LogP contribution in [0.5, 0.6) is 0 Å². The smallest absolute Gasteiger partial charge is 0.243 e. The Bertz CT molecular complexity index is 1770. The average molecular weight is 691 g/mol. The maximum atomic E-state index is 13.6. The third kappa shape index (κ3) is 9.28. The number of carbonyl (C=O) groups is 5. The number of carbonyl (C=O) groups excluding carboxylic acids is 5. The molecule has 4 N–H and O–H groups in total. The van der Waals surface area contributed by atoms with Gasteiger partial charge in [-0.2, -0.15) is 5.10 Å². The van der Waals surface area contributed by atoms with Gasteiger partial charge in [-0.25, -0.2) is 14.6 Å². The van der Waals surface area contributed by atoms with Crippen LogP contribution in [0, 0.1) is 5.92 Å². The quantitative estimate of drug-likeness (QED) is 0.243. The summed E-state index contributed by atoms with van der Waals surface area (Å²) in [7, 11) is 0. The first-order valence-electron chi connectivity index (χ1n) is 16.3. The highest BCUT2D eigenvalue weighted by Gasteiger charge is 2.29. The Morgan fingerprint density at radius 1 is 0.959 bits per heavy atom. The number of aromatic nitrogens is 5. The monoisotopic (exact) mass is 690 g/mol. The molecule has 3 aromatic heterocycles. The zero-order chi connectivity index (χ0) is 35.1. The normalized spacial score (nSPS) is 20.4. The molecule has 0 unspecified atom stereocenters. The van der Waals surface area contributed by atoms with Gasteiger partial charge in [0.15, 0.2) is 10.8 Å². The number of nitrogens with one attached hydrogen (secondary N) is 4. The van der Waals surface area contributed by atoms with Gasteiger partial charge in [0.1, 0.15) is 24.5 Å². The number of hydrogen-bond donors (Lipinski definition) is 4. The molecule has 0 aliphatic carbocycles. The first kappa shape index (κ1) is 35.2. The van der Waals surface area contributed by atoms with Crippen LogP contribution >= 0.6 is 11.3 Å². The first-order valence-corrected chi connectivity index (χ1v) is 17.2. The predicted molar refractivity (Wildman–Crippen MR) is 182 cm³/mol. The summed E-state index contributed by atoms with van der Waals surface area (Å²) in [6.45, 7) is 7.06. The van der Waals surface area contributed by atoms with Crippen molar-refractivity contribution >= 4 is 45.8 Å². The average Bonchev–Trinajstić information content (AvgIpc) is 3.77. The van der Waals surface area contributed by atoms with Gasteiger partial charge in [-0.05, 0) is 32.6 Å². The molecular weight excluding hydrogens is 648 g/mol. The van der Waals surface area contributed by atoms with Crippen LogP contribution in [0.3, 0.4) is 0 Å². The molecule has 4 heterocycles. The molecule has 3 atom stereocenters. The van der Waals surface area contributed by atoms with Crippen LogP contribution in [0.15, 0.2) is 48.1 Å². The lowest BCUT2D eigenvalue weighted by Crippen LogP contribution is -2.54. The van der Waals surface area contributed by atoms with Gasteiger partial charge in [-0.1, -0.05) is 44.2 Å². The molecule has 4 aromatic rings. The minimum atomic E-state index is -0.984. The van der Waals surface area contributed by atoms with Crippen LogP contribution in [0.4, 0.5) is 0 Å². The number of fused-ring (bicyclic) bond motifs is 2. The fourth-order valence-electron chi connectivity index (χ4n) is 5.51. The van der Waals surface area contributed by atoms with E-state index in [4.69, 9.17) is 0 Å². The molecule has 1 aliphatic rings. The molecule has 16 heteroatoms. The van der Waals surface area contributed by atoms with Gasteiger partial charge in [-0.15, -0.1) is 11.3 Å². The molecule has 5 rings (SSSR count). The highest BCUT2D eigenvalue weighted by Crippen LogP contribution is 2.20. The van der Waals surface area contributed by atoms with Crippen LogP contribution in [-0.2, 0) is 36.9 Å². The highest BCUT2D eigenvalue weighted by molar-refractivity contribution is 7.15. The van der Waals surface area contributed by atoms with E-state index < -0.39 is 35.8 Å². The van der Waals surface area contributed by atoms with Crippen LogP contribution in [0.25, 0.3) is 16.3 Å². The number of thiazole rings is 1.